The average molecular weight is 257 g/mol. The van der Waals surface area contributed by atoms with Crippen molar-refractivity contribution in [1.29, 1.82) is 5.26 Å². The van der Waals surface area contributed by atoms with Crippen molar-refractivity contribution >= 4 is 5.69 Å². The van der Waals surface area contributed by atoms with E-state index in [4.69, 9.17) is 11.0 Å². The lowest BCUT2D eigenvalue weighted by molar-refractivity contribution is 0.179. The molecule has 2 N–H and O–H groups in total. The summed E-state index contributed by atoms with van der Waals surface area (Å²) in [5.41, 5.74) is 9.51. The SMILES string of the molecule is CC(C)CN(CCC#N)C1CCc2cc(N)ccc21. The van der Waals surface area contributed by atoms with E-state index in [0.717, 1.165) is 31.6 Å². The lowest BCUT2D eigenvalue weighted by atomic mass is 10.0. The highest BCUT2D eigenvalue weighted by Gasteiger charge is 2.27. The van der Waals surface area contributed by atoms with Crippen LogP contribution in [0.1, 0.15) is 43.9 Å². The molecule has 0 amide bonds. The van der Waals surface area contributed by atoms with Gasteiger partial charge < -0.3 is 5.73 Å². The third-order valence-electron chi connectivity index (χ3n) is 3.76. The maximum atomic E-state index is 8.83. The maximum absolute atomic E-state index is 8.83. The summed E-state index contributed by atoms with van der Waals surface area (Å²) in [5, 5.41) is 8.83. The number of nitrogens with zero attached hydrogens (tertiary/aromatic N) is 2. The van der Waals surface area contributed by atoms with Gasteiger partial charge in [-0.1, -0.05) is 19.9 Å². The van der Waals surface area contributed by atoms with Crippen LogP contribution in [0.3, 0.4) is 0 Å². The van der Waals surface area contributed by atoms with Crippen LogP contribution in [0.5, 0.6) is 0 Å². The Bertz CT molecular complexity index is 473. The number of hydrogen-bond donors (Lipinski definition) is 1. The number of anilines is 1. The van der Waals surface area contributed by atoms with Crippen LogP contribution >= 0.6 is 0 Å². The first-order valence-corrected chi connectivity index (χ1v) is 7.11. The molecule has 3 heteroatoms. The van der Waals surface area contributed by atoms with Crippen LogP contribution in [0.25, 0.3) is 0 Å². The number of rotatable bonds is 5. The number of fused-ring (bicyclic) bond motifs is 1. The van der Waals surface area contributed by atoms with E-state index in [1.165, 1.54) is 11.1 Å². The number of nitrogens with two attached hydrogens (primary N) is 1. The minimum atomic E-state index is 0.464. The molecule has 2 rings (SSSR count). The minimum absolute atomic E-state index is 0.464. The van der Waals surface area contributed by atoms with Gasteiger partial charge in [0.05, 0.1) is 6.07 Å². The van der Waals surface area contributed by atoms with E-state index < -0.39 is 0 Å². The zero-order valence-electron chi connectivity index (χ0n) is 11.9. The molecule has 0 radical (unpaired) electrons. The predicted octanol–water partition coefficient (Wildman–Crippen LogP) is 3.13. The Morgan fingerprint density at radius 2 is 2.26 bits per heavy atom. The first kappa shape index (κ1) is 13.9. The van der Waals surface area contributed by atoms with Gasteiger partial charge in [0.1, 0.15) is 0 Å². The minimum Gasteiger partial charge on any atom is -0.399 e. The number of nitriles is 1. The fraction of sp³-hybridized carbons (Fsp3) is 0.562. The Kier molecular flexibility index (Phi) is 4.44. The van der Waals surface area contributed by atoms with Crippen LogP contribution in [-0.4, -0.2) is 18.0 Å². The summed E-state index contributed by atoms with van der Waals surface area (Å²) in [6, 6.07) is 9.00. The topological polar surface area (TPSA) is 53.0 Å². The van der Waals surface area contributed by atoms with Crippen LogP contribution < -0.4 is 5.73 Å². The highest BCUT2D eigenvalue weighted by Crippen LogP contribution is 2.37. The van der Waals surface area contributed by atoms with E-state index in [9.17, 15) is 0 Å². The molecule has 1 aromatic carbocycles. The molecule has 1 unspecified atom stereocenters. The fourth-order valence-corrected chi connectivity index (χ4v) is 3.03. The van der Waals surface area contributed by atoms with Gasteiger partial charge in [-0.15, -0.1) is 0 Å². The molecule has 1 aliphatic carbocycles. The van der Waals surface area contributed by atoms with E-state index >= 15 is 0 Å². The third kappa shape index (κ3) is 3.27. The Labute approximate surface area is 116 Å². The number of benzene rings is 1. The standard InChI is InChI=1S/C16H23N3/c1-12(2)11-19(9-3-8-17)16-7-4-13-10-14(18)5-6-15(13)16/h5-6,10,12,16H,3-4,7,9,11,18H2,1-2H3. The van der Waals surface area contributed by atoms with Gasteiger partial charge in [0.2, 0.25) is 0 Å². The Morgan fingerprint density at radius 1 is 1.47 bits per heavy atom. The second-order valence-corrected chi connectivity index (χ2v) is 5.81. The van der Waals surface area contributed by atoms with Gasteiger partial charge in [0.25, 0.3) is 0 Å². The molecule has 0 heterocycles. The Balaban J connectivity index is 2.18. The van der Waals surface area contributed by atoms with E-state index in [0.29, 0.717) is 18.4 Å². The Morgan fingerprint density at radius 3 is 2.95 bits per heavy atom. The molecule has 3 nitrogen and oxygen atoms in total. The monoisotopic (exact) mass is 257 g/mol. The van der Waals surface area contributed by atoms with Crippen LogP contribution in [0.4, 0.5) is 5.69 Å². The van der Waals surface area contributed by atoms with Gasteiger partial charge in [0.15, 0.2) is 0 Å². The summed E-state index contributed by atoms with van der Waals surface area (Å²) < 4.78 is 0. The molecule has 1 atom stereocenters. The van der Waals surface area contributed by atoms with Crippen molar-refractivity contribution in [2.45, 2.75) is 39.2 Å². The number of aryl methyl sites for hydroxylation is 1. The second-order valence-electron chi connectivity index (χ2n) is 5.81. The summed E-state index contributed by atoms with van der Waals surface area (Å²) >= 11 is 0. The van der Waals surface area contributed by atoms with Crippen LogP contribution in [0.15, 0.2) is 18.2 Å². The summed E-state index contributed by atoms with van der Waals surface area (Å²) in [5.74, 6) is 0.622. The van der Waals surface area contributed by atoms with Crippen molar-refractivity contribution in [2.75, 3.05) is 18.8 Å². The van der Waals surface area contributed by atoms with Gasteiger partial charge in [-0.3, -0.25) is 4.90 Å². The molecular formula is C16H23N3. The van der Waals surface area contributed by atoms with Crippen molar-refractivity contribution in [3.05, 3.63) is 29.3 Å². The average Bonchev–Trinajstić information content (AvgIpc) is 2.76. The summed E-state index contributed by atoms with van der Waals surface area (Å²) in [7, 11) is 0. The summed E-state index contributed by atoms with van der Waals surface area (Å²) in [6.45, 7) is 6.38. The number of nitrogen functional groups attached to an aromatic ring is 1. The lowest BCUT2D eigenvalue weighted by Gasteiger charge is -2.30. The molecule has 102 valence electrons. The zero-order chi connectivity index (χ0) is 13.8. The molecule has 0 fully saturated rings. The molecule has 1 aliphatic rings. The van der Waals surface area contributed by atoms with E-state index in [1.54, 1.807) is 0 Å². The van der Waals surface area contributed by atoms with Crippen LogP contribution in [0.2, 0.25) is 0 Å². The van der Waals surface area contributed by atoms with Gasteiger partial charge in [-0.25, -0.2) is 0 Å². The van der Waals surface area contributed by atoms with Gasteiger partial charge in [-0.2, -0.15) is 5.26 Å². The number of hydrogen-bond acceptors (Lipinski definition) is 3. The molecule has 1 aromatic rings. The first-order valence-electron chi connectivity index (χ1n) is 7.11. The fourth-order valence-electron chi connectivity index (χ4n) is 3.03. The highest BCUT2D eigenvalue weighted by atomic mass is 15.2. The highest BCUT2D eigenvalue weighted by molar-refractivity contribution is 5.47. The van der Waals surface area contributed by atoms with Gasteiger partial charge >= 0.3 is 0 Å². The molecule has 0 bridgehead atoms. The molecule has 0 saturated heterocycles. The maximum Gasteiger partial charge on any atom is 0.0635 e. The zero-order valence-corrected chi connectivity index (χ0v) is 11.9. The van der Waals surface area contributed by atoms with E-state index in [-0.39, 0.29) is 0 Å². The third-order valence-corrected chi connectivity index (χ3v) is 3.76. The van der Waals surface area contributed by atoms with Crippen molar-refractivity contribution < 1.29 is 0 Å². The van der Waals surface area contributed by atoms with Crippen LogP contribution in [-0.2, 0) is 6.42 Å². The largest absolute Gasteiger partial charge is 0.399 e. The predicted molar refractivity (Wildman–Crippen MR) is 78.6 cm³/mol. The van der Waals surface area contributed by atoms with E-state index in [1.807, 2.05) is 6.07 Å². The molecule has 0 saturated carbocycles. The molecule has 0 spiro atoms. The van der Waals surface area contributed by atoms with Crippen molar-refractivity contribution in [1.82, 2.24) is 4.90 Å². The van der Waals surface area contributed by atoms with Crippen molar-refractivity contribution in [3.63, 3.8) is 0 Å². The second kappa shape index (κ2) is 6.08. The lowest BCUT2D eigenvalue weighted by Crippen LogP contribution is -2.32. The molecule has 0 aliphatic heterocycles. The molecule has 19 heavy (non-hydrogen) atoms. The summed E-state index contributed by atoms with van der Waals surface area (Å²) in [6.07, 6.45) is 2.86. The van der Waals surface area contributed by atoms with Gasteiger partial charge in [-0.05, 0) is 42.0 Å². The smallest absolute Gasteiger partial charge is 0.0635 e. The van der Waals surface area contributed by atoms with Gasteiger partial charge in [0, 0.05) is 31.2 Å². The molecular weight excluding hydrogens is 234 g/mol. The van der Waals surface area contributed by atoms with E-state index in [2.05, 4.69) is 36.9 Å². The normalized spacial score (nSPS) is 17.7. The van der Waals surface area contributed by atoms with Crippen LogP contribution in [0, 0.1) is 17.2 Å². The summed E-state index contributed by atoms with van der Waals surface area (Å²) in [4.78, 5) is 2.47. The molecule has 0 aromatic heterocycles. The Hall–Kier alpha value is -1.53. The van der Waals surface area contributed by atoms with Crippen molar-refractivity contribution in [2.24, 2.45) is 5.92 Å². The van der Waals surface area contributed by atoms with Crippen molar-refractivity contribution in [3.8, 4) is 6.07 Å². The first-order chi connectivity index (χ1) is 9.11. The quantitative estimate of drug-likeness (QED) is 0.824.